The summed E-state index contributed by atoms with van der Waals surface area (Å²) in [6, 6.07) is 10.7. The van der Waals surface area contributed by atoms with Crippen LogP contribution in [0, 0.1) is 5.92 Å². The van der Waals surface area contributed by atoms with Gasteiger partial charge in [-0.25, -0.2) is 0 Å². The molecule has 0 aliphatic rings. The van der Waals surface area contributed by atoms with Crippen LogP contribution in [0.2, 0.25) is 5.02 Å². The van der Waals surface area contributed by atoms with Gasteiger partial charge in [0.2, 0.25) is 0 Å². The average molecular weight is 305 g/mol. The molecule has 1 aromatic heterocycles. The molecule has 0 spiro atoms. The molecule has 21 heavy (non-hydrogen) atoms. The highest BCUT2D eigenvalue weighted by molar-refractivity contribution is 6.31. The van der Waals surface area contributed by atoms with E-state index in [1.165, 1.54) is 5.56 Å². The van der Waals surface area contributed by atoms with Crippen molar-refractivity contribution in [2.45, 2.75) is 39.8 Å². The highest BCUT2D eigenvalue weighted by atomic mass is 35.5. The largest absolute Gasteiger partial charge is 0.350 e. The van der Waals surface area contributed by atoms with E-state index in [1.54, 1.807) is 0 Å². The van der Waals surface area contributed by atoms with E-state index in [9.17, 15) is 0 Å². The Bertz CT molecular complexity index is 560. The first-order valence-corrected chi connectivity index (χ1v) is 8.12. The lowest BCUT2D eigenvalue weighted by molar-refractivity contribution is 0.412. The lowest BCUT2D eigenvalue weighted by Crippen LogP contribution is -2.26. The number of hydrogen-bond acceptors (Lipinski definition) is 1. The maximum absolute atomic E-state index is 6.24. The number of nitrogens with zero attached hydrogens (tertiary/aromatic N) is 1. The van der Waals surface area contributed by atoms with Gasteiger partial charge in [0.1, 0.15) is 0 Å². The van der Waals surface area contributed by atoms with Crippen LogP contribution >= 0.6 is 11.6 Å². The van der Waals surface area contributed by atoms with Gasteiger partial charge >= 0.3 is 0 Å². The summed E-state index contributed by atoms with van der Waals surface area (Å²) in [5.41, 5.74) is 2.51. The molecule has 0 radical (unpaired) electrons. The fourth-order valence-electron chi connectivity index (χ4n) is 2.60. The monoisotopic (exact) mass is 304 g/mol. The number of hydrogen-bond donors (Lipinski definition) is 1. The first-order valence-electron chi connectivity index (χ1n) is 7.74. The minimum Gasteiger partial charge on any atom is -0.350 e. The van der Waals surface area contributed by atoms with E-state index in [-0.39, 0.29) is 0 Å². The van der Waals surface area contributed by atoms with Crippen molar-refractivity contribution in [3.05, 3.63) is 58.9 Å². The number of nitrogens with one attached hydrogen (secondary N) is 1. The van der Waals surface area contributed by atoms with Gasteiger partial charge in [0.15, 0.2) is 0 Å². The smallest absolute Gasteiger partial charge is 0.0485 e. The quantitative estimate of drug-likeness (QED) is 0.771. The highest BCUT2D eigenvalue weighted by Gasteiger charge is 2.16. The highest BCUT2D eigenvalue weighted by Crippen LogP contribution is 2.23. The fourth-order valence-corrected chi connectivity index (χ4v) is 2.80. The number of aromatic nitrogens is 1. The van der Waals surface area contributed by atoms with Crippen molar-refractivity contribution in [1.29, 1.82) is 0 Å². The molecule has 0 amide bonds. The Morgan fingerprint density at radius 1 is 1.19 bits per heavy atom. The lowest BCUT2D eigenvalue weighted by Gasteiger charge is -2.21. The van der Waals surface area contributed by atoms with Crippen LogP contribution in [0.25, 0.3) is 0 Å². The zero-order valence-corrected chi connectivity index (χ0v) is 13.9. The van der Waals surface area contributed by atoms with Gasteiger partial charge in [-0.3, -0.25) is 0 Å². The second-order valence-corrected chi connectivity index (χ2v) is 6.29. The maximum Gasteiger partial charge on any atom is 0.0485 e. The summed E-state index contributed by atoms with van der Waals surface area (Å²) in [5, 5.41) is 4.47. The number of benzene rings is 1. The van der Waals surface area contributed by atoms with E-state index >= 15 is 0 Å². The second kappa shape index (κ2) is 7.67. The van der Waals surface area contributed by atoms with Crippen molar-refractivity contribution in [3.63, 3.8) is 0 Å². The Kier molecular flexibility index (Phi) is 5.89. The van der Waals surface area contributed by atoms with Crippen LogP contribution in [-0.2, 0) is 6.54 Å². The van der Waals surface area contributed by atoms with Crippen LogP contribution < -0.4 is 5.32 Å². The topological polar surface area (TPSA) is 17.0 Å². The minimum atomic E-state index is 0.414. The molecule has 0 aliphatic carbocycles. The van der Waals surface area contributed by atoms with Crippen molar-refractivity contribution in [3.8, 4) is 0 Å². The summed E-state index contributed by atoms with van der Waals surface area (Å²) >= 11 is 6.24. The van der Waals surface area contributed by atoms with Crippen molar-refractivity contribution in [2.75, 3.05) is 6.54 Å². The van der Waals surface area contributed by atoms with E-state index in [1.807, 2.05) is 18.2 Å². The van der Waals surface area contributed by atoms with Crippen molar-refractivity contribution in [2.24, 2.45) is 5.92 Å². The summed E-state index contributed by atoms with van der Waals surface area (Å²) in [6.07, 6.45) is 5.53. The molecule has 1 N–H and O–H groups in total. The molecule has 1 aromatic carbocycles. The molecular formula is C18H25ClN2. The standard InChI is InChI=1S/C18H25ClN2/c1-4-10-20-18(14(2)3)16-9-11-21(13-16)12-15-7-5-6-8-17(15)19/h5-9,11,13-14,18,20H,4,10,12H2,1-3H3. The van der Waals surface area contributed by atoms with Crippen LogP contribution in [0.3, 0.4) is 0 Å². The van der Waals surface area contributed by atoms with Gasteiger partial charge in [-0.2, -0.15) is 0 Å². The lowest BCUT2D eigenvalue weighted by atomic mass is 9.98. The molecule has 0 saturated heterocycles. The van der Waals surface area contributed by atoms with Gasteiger partial charge in [-0.15, -0.1) is 0 Å². The first kappa shape index (κ1) is 16.1. The second-order valence-electron chi connectivity index (χ2n) is 5.88. The van der Waals surface area contributed by atoms with E-state index < -0.39 is 0 Å². The molecule has 0 fully saturated rings. The van der Waals surface area contributed by atoms with Crippen molar-refractivity contribution >= 4 is 11.6 Å². The van der Waals surface area contributed by atoms with Crippen LogP contribution in [0.5, 0.6) is 0 Å². The van der Waals surface area contributed by atoms with Gasteiger partial charge in [0, 0.05) is 30.0 Å². The Hall–Kier alpha value is -1.25. The molecule has 3 heteroatoms. The molecule has 1 atom stereocenters. The van der Waals surface area contributed by atoms with Crippen LogP contribution in [0.15, 0.2) is 42.7 Å². The molecule has 114 valence electrons. The van der Waals surface area contributed by atoms with Crippen LogP contribution in [-0.4, -0.2) is 11.1 Å². The molecule has 0 aliphatic heterocycles. The third kappa shape index (κ3) is 4.36. The van der Waals surface area contributed by atoms with Gasteiger partial charge < -0.3 is 9.88 Å². The molecule has 2 aromatic rings. The van der Waals surface area contributed by atoms with Crippen molar-refractivity contribution in [1.82, 2.24) is 9.88 Å². The van der Waals surface area contributed by atoms with E-state index in [0.717, 1.165) is 30.1 Å². The van der Waals surface area contributed by atoms with Crippen LogP contribution in [0.1, 0.15) is 44.4 Å². The first-order chi connectivity index (χ1) is 10.1. The van der Waals surface area contributed by atoms with Gasteiger partial charge in [0.05, 0.1) is 0 Å². The predicted molar refractivity (Wildman–Crippen MR) is 90.9 cm³/mol. The fraction of sp³-hybridized carbons (Fsp3) is 0.444. The Labute approximate surface area is 133 Å². The summed E-state index contributed by atoms with van der Waals surface area (Å²) < 4.78 is 2.21. The molecule has 2 nitrogen and oxygen atoms in total. The Morgan fingerprint density at radius 2 is 1.95 bits per heavy atom. The molecule has 1 unspecified atom stereocenters. The third-order valence-electron chi connectivity index (χ3n) is 3.72. The summed E-state index contributed by atoms with van der Waals surface area (Å²) in [6.45, 7) is 8.60. The van der Waals surface area contributed by atoms with E-state index in [4.69, 9.17) is 11.6 Å². The summed E-state index contributed by atoms with van der Waals surface area (Å²) in [7, 11) is 0. The number of halogens is 1. The minimum absolute atomic E-state index is 0.414. The zero-order valence-electron chi connectivity index (χ0n) is 13.1. The van der Waals surface area contributed by atoms with Crippen molar-refractivity contribution < 1.29 is 0 Å². The molecule has 0 bridgehead atoms. The average Bonchev–Trinajstić information content (AvgIpc) is 2.90. The molecule has 1 heterocycles. The Balaban J connectivity index is 2.11. The SMILES string of the molecule is CCCNC(c1ccn(Cc2ccccc2Cl)c1)C(C)C. The van der Waals surface area contributed by atoms with E-state index in [2.05, 4.69) is 55.2 Å². The Morgan fingerprint density at radius 3 is 2.62 bits per heavy atom. The summed E-state index contributed by atoms with van der Waals surface area (Å²) in [5.74, 6) is 0.577. The van der Waals surface area contributed by atoms with Gasteiger partial charge in [0.25, 0.3) is 0 Å². The predicted octanol–water partition coefficient (Wildman–Crippen LogP) is 4.89. The molecule has 0 saturated carbocycles. The third-order valence-corrected chi connectivity index (χ3v) is 4.09. The summed E-state index contributed by atoms with van der Waals surface area (Å²) in [4.78, 5) is 0. The molecule has 2 rings (SSSR count). The van der Waals surface area contributed by atoms with Gasteiger partial charge in [-0.1, -0.05) is 50.6 Å². The normalized spacial score (nSPS) is 12.8. The zero-order chi connectivity index (χ0) is 15.2. The molecular weight excluding hydrogens is 280 g/mol. The number of rotatable bonds is 7. The van der Waals surface area contributed by atoms with Gasteiger partial charge in [-0.05, 0) is 42.1 Å². The van der Waals surface area contributed by atoms with Crippen LogP contribution in [0.4, 0.5) is 0 Å². The maximum atomic E-state index is 6.24. The van der Waals surface area contributed by atoms with E-state index in [0.29, 0.717) is 12.0 Å².